The lowest BCUT2D eigenvalue weighted by molar-refractivity contribution is -0.166. The molecule has 0 heterocycles. The molecule has 6 nitrogen and oxygen atoms in total. The summed E-state index contributed by atoms with van der Waals surface area (Å²) < 4.78 is 16.8. The van der Waals surface area contributed by atoms with Crippen molar-refractivity contribution in [3.63, 3.8) is 0 Å². The van der Waals surface area contributed by atoms with Gasteiger partial charge in [0.05, 0.1) is 0 Å². The number of rotatable bonds is 50. The lowest BCUT2D eigenvalue weighted by atomic mass is 10.0. The van der Waals surface area contributed by atoms with E-state index in [1.165, 1.54) is 83.5 Å². The van der Waals surface area contributed by atoms with E-state index in [0.29, 0.717) is 12.8 Å². The second-order valence-electron chi connectivity index (χ2n) is 18.4. The molecule has 6 heteroatoms. The van der Waals surface area contributed by atoms with Crippen LogP contribution in [0.15, 0.2) is 122 Å². The van der Waals surface area contributed by atoms with Gasteiger partial charge in [0.25, 0.3) is 0 Å². The summed E-state index contributed by atoms with van der Waals surface area (Å²) in [7, 11) is 0. The van der Waals surface area contributed by atoms with Crippen molar-refractivity contribution in [3.05, 3.63) is 122 Å². The molecule has 0 N–H and O–H groups in total. The third-order valence-corrected chi connectivity index (χ3v) is 11.7. The first-order valence-electron chi connectivity index (χ1n) is 28.5. The van der Waals surface area contributed by atoms with E-state index in [9.17, 15) is 14.4 Å². The molecule has 0 fully saturated rings. The lowest BCUT2D eigenvalue weighted by Crippen LogP contribution is -2.30. The van der Waals surface area contributed by atoms with E-state index < -0.39 is 6.10 Å². The lowest BCUT2D eigenvalue weighted by Gasteiger charge is -2.18. The van der Waals surface area contributed by atoms with Crippen molar-refractivity contribution >= 4 is 17.9 Å². The maximum absolute atomic E-state index is 12.8. The van der Waals surface area contributed by atoms with Gasteiger partial charge >= 0.3 is 17.9 Å². The number of unbranched alkanes of at least 4 members (excludes halogenated alkanes) is 19. The fourth-order valence-corrected chi connectivity index (χ4v) is 7.52. The molecule has 70 heavy (non-hydrogen) atoms. The quantitative estimate of drug-likeness (QED) is 0.0262. The van der Waals surface area contributed by atoms with Gasteiger partial charge in [-0.25, -0.2) is 0 Å². The molecule has 1 atom stereocenters. The molecule has 0 rings (SSSR count). The molecule has 0 radical (unpaired) electrons. The Labute approximate surface area is 431 Å². The summed E-state index contributed by atoms with van der Waals surface area (Å²) in [6.07, 6.45) is 79.1. The summed E-state index contributed by atoms with van der Waals surface area (Å²) in [6.45, 7) is 6.33. The Morgan fingerprint density at radius 3 is 0.957 bits per heavy atom. The van der Waals surface area contributed by atoms with Crippen LogP contribution in [0.25, 0.3) is 0 Å². The Kier molecular flexibility index (Phi) is 54.0. The first kappa shape index (κ1) is 65.8. The average molecular weight is 970 g/mol. The number of hydrogen-bond acceptors (Lipinski definition) is 6. The molecule has 0 saturated heterocycles. The van der Waals surface area contributed by atoms with Crippen LogP contribution < -0.4 is 0 Å². The van der Waals surface area contributed by atoms with Gasteiger partial charge in [-0.05, 0) is 96.3 Å². The number of carbonyl (C=O) groups excluding carboxylic acids is 3. The number of allylic oxidation sites excluding steroid dienone is 20. The minimum atomic E-state index is -0.824. The van der Waals surface area contributed by atoms with Gasteiger partial charge in [0.15, 0.2) is 6.10 Å². The molecule has 0 aromatic heterocycles. The minimum absolute atomic E-state index is 0.112. The summed E-state index contributed by atoms with van der Waals surface area (Å²) in [5, 5.41) is 0. The first-order chi connectivity index (χ1) is 34.5. The van der Waals surface area contributed by atoms with E-state index in [1.54, 1.807) is 0 Å². The predicted molar refractivity (Wildman–Crippen MR) is 302 cm³/mol. The van der Waals surface area contributed by atoms with Crippen LogP contribution in [0.4, 0.5) is 0 Å². The van der Waals surface area contributed by atoms with Crippen LogP contribution in [-0.4, -0.2) is 37.2 Å². The minimum Gasteiger partial charge on any atom is -0.462 e. The maximum Gasteiger partial charge on any atom is 0.306 e. The van der Waals surface area contributed by atoms with Crippen molar-refractivity contribution in [2.75, 3.05) is 13.2 Å². The molecule has 0 aromatic rings. The normalized spacial score (nSPS) is 13.0. The van der Waals surface area contributed by atoms with Crippen LogP contribution in [0, 0.1) is 0 Å². The third-order valence-electron chi connectivity index (χ3n) is 11.7. The Bertz CT molecular complexity index is 1490. The van der Waals surface area contributed by atoms with Gasteiger partial charge in [-0.3, -0.25) is 14.4 Å². The number of esters is 3. The van der Waals surface area contributed by atoms with Crippen molar-refractivity contribution in [3.8, 4) is 0 Å². The van der Waals surface area contributed by atoms with Gasteiger partial charge in [0.1, 0.15) is 13.2 Å². The number of hydrogen-bond donors (Lipinski definition) is 0. The molecule has 0 aliphatic rings. The van der Waals surface area contributed by atoms with Gasteiger partial charge in [-0.15, -0.1) is 0 Å². The van der Waals surface area contributed by atoms with Crippen LogP contribution in [0.5, 0.6) is 0 Å². The van der Waals surface area contributed by atoms with Gasteiger partial charge in [-0.1, -0.05) is 251 Å². The van der Waals surface area contributed by atoms with Gasteiger partial charge in [0.2, 0.25) is 0 Å². The van der Waals surface area contributed by atoms with Crippen LogP contribution >= 0.6 is 0 Å². The van der Waals surface area contributed by atoms with Crippen LogP contribution in [-0.2, 0) is 28.6 Å². The number of ether oxygens (including phenoxy) is 3. The first-order valence-corrected chi connectivity index (χ1v) is 28.5. The smallest absolute Gasteiger partial charge is 0.306 e. The molecule has 0 saturated carbocycles. The summed E-state index contributed by atoms with van der Waals surface area (Å²) >= 11 is 0. The van der Waals surface area contributed by atoms with Crippen LogP contribution in [0.3, 0.4) is 0 Å². The van der Waals surface area contributed by atoms with Crippen molar-refractivity contribution in [2.24, 2.45) is 0 Å². The Hall–Kier alpha value is -4.19. The summed E-state index contributed by atoms with van der Waals surface area (Å²) in [4.78, 5) is 38.1. The highest BCUT2D eigenvalue weighted by Gasteiger charge is 2.19. The molecular formula is C64H104O6. The second-order valence-corrected chi connectivity index (χ2v) is 18.4. The largest absolute Gasteiger partial charge is 0.462 e. The molecular weight excluding hydrogens is 865 g/mol. The van der Waals surface area contributed by atoms with Gasteiger partial charge < -0.3 is 14.2 Å². The SMILES string of the molecule is CC/C=C\C/C=C\C/C=C\C/C=C\C/C=C\C/C=C\CCC(=O)OCC(COC(=O)CCCCCCCCCCCCCCCCCC)OC(=O)CCCCCC/C=C\C/C=C\C/C=C\C/C=C\CC. The van der Waals surface area contributed by atoms with Crippen molar-refractivity contribution in [2.45, 2.75) is 252 Å². The van der Waals surface area contributed by atoms with Crippen molar-refractivity contribution < 1.29 is 28.6 Å². The molecule has 0 aliphatic heterocycles. The standard InChI is InChI=1S/C64H104O6/c1-4-7-10-13-16-19-22-25-28-31-32-34-36-39-42-45-48-51-54-57-63(66)69-60-61(59-68-62(65)56-53-50-47-44-41-38-35-30-27-24-21-18-15-12-9-6-3)70-64(67)58-55-52-49-46-43-40-37-33-29-26-23-20-17-14-11-8-5-2/h7-8,10-11,16-17,19-20,25-26,28-29,32,34,37,39-40,42,48,51,61H,4-6,9,12-15,18,21-24,27,30-31,33,35-36,38,41,43-47,49-50,52-60H2,1-3H3/b10-7-,11-8-,19-16-,20-17-,28-25-,29-26-,34-32-,40-37-,42-39-,51-48-. The van der Waals surface area contributed by atoms with E-state index in [2.05, 4.69) is 136 Å². The Morgan fingerprint density at radius 1 is 0.300 bits per heavy atom. The van der Waals surface area contributed by atoms with E-state index in [-0.39, 0.29) is 44.0 Å². The van der Waals surface area contributed by atoms with Crippen molar-refractivity contribution in [1.29, 1.82) is 0 Å². The Balaban J connectivity index is 4.55. The maximum atomic E-state index is 12.8. The van der Waals surface area contributed by atoms with Gasteiger partial charge in [-0.2, -0.15) is 0 Å². The van der Waals surface area contributed by atoms with Crippen LogP contribution in [0.1, 0.15) is 245 Å². The van der Waals surface area contributed by atoms with Crippen molar-refractivity contribution in [1.82, 2.24) is 0 Å². The summed E-state index contributed by atoms with van der Waals surface area (Å²) in [5.41, 5.74) is 0. The van der Waals surface area contributed by atoms with E-state index >= 15 is 0 Å². The van der Waals surface area contributed by atoms with E-state index in [1.807, 2.05) is 6.08 Å². The molecule has 1 unspecified atom stereocenters. The highest BCUT2D eigenvalue weighted by Crippen LogP contribution is 2.15. The van der Waals surface area contributed by atoms with Gasteiger partial charge in [0, 0.05) is 19.3 Å². The summed E-state index contributed by atoms with van der Waals surface area (Å²) in [6, 6.07) is 0. The molecule has 396 valence electrons. The molecule has 0 spiro atoms. The average Bonchev–Trinajstić information content (AvgIpc) is 3.36. The zero-order chi connectivity index (χ0) is 50.7. The van der Waals surface area contributed by atoms with E-state index in [4.69, 9.17) is 14.2 Å². The fraction of sp³-hybridized carbons (Fsp3) is 0.641. The van der Waals surface area contributed by atoms with Crippen LogP contribution in [0.2, 0.25) is 0 Å². The third kappa shape index (κ3) is 54.7. The molecule has 0 aliphatic carbocycles. The highest BCUT2D eigenvalue weighted by molar-refractivity contribution is 5.71. The molecule has 0 bridgehead atoms. The topological polar surface area (TPSA) is 78.9 Å². The predicted octanol–water partition coefficient (Wildman–Crippen LogP) is 19.3. The molecule has 0 aromatic carbocycles. The monoisotopic (exact) mass is 969 g/mol. The van der Waals surface area contributed by atoms with E-state index in [0.717, 1.165) is 116 Å². The zero-order valence-electron chi connectivity index (χ0n) is 45.2. The summed E-state index contributed by atoms with van der Waals surface area (Å²) in [5.74, 6) is -1.02. The zero-order valence-corrected chi connectivity index (χ0v) is 45.2. The molecule has 0 amide bonds. The fourth-order valence-electron chi connectivity index (χ4n) is 7.52. The Morgan fingerprint density at radius 2 is 0.586 bits per heavy atom. The number of carbonyl (C=O) groups is 3. The second kappa shape index (κ2) is 57.4. The highest BCUT2D eigenvalue weighted by atomic mass is 16.6.